The number of aromatic amines is 1. The number of fused-ring (bicyclic) bond motifs is 1. The molecule has 0 bridgehead atoms. The third-order valence-electron chi connectivity index (χ3n) is 3.63. The van der Waals surface area contributed by atoms with Crippen LogP contribution in [0.1, 0.15) is 16.1 Å². The molecule has 0 aliphatic heterocycles. The second-order valence-electron chi connectivity index (χ2n) is 5.27. The van der Waals surface area contributed by atoms with Crippen LogP contribution >= 0.6 is 0 Å². The molecule has 3 rings (SSSR count). The molecule has 0 saturated heterocycles. The Hall–Kier alpha value is -3.22. The molecule has 0 fully saturated rings. The highest BCUT2D eigenvalue weighted by atomic mass is 19.3. The summed E-state index contributed by atoms with van der Waals surface area (Å²) < 4.78 is 29.2. The lowest BCUT2D eigenvalue weighted by molar-refractivity contribution is -0.0504. The topological polar surface area (TPSA) is 71.2 Å². The summed E-state index contributed by atoms with van der Waals surface area (Å²) in [6.45, 7) is -2.97. The van der Waals surface area contributed by atoms with Gasteiger partial charge in [-0.2, -0.15) is 8.78 Å². The molecule has 128 valence electrons. The van der Waals surface area contributed by atoms with Gasteiger partial charge in [-0.15, -0.1) is 0 Å². The molecule has 3 aromatic rings. The van der Waals surface area contributed by atoms with Gasteiger partial charge < -0.3 is 15.0 Å². The van der Waals surface area contributed by atoms with Gasteiger partial charge in [-0.25, -0.2) is 0 Å². The quantitative estimate of drug-likeness (QED) is 0.747. The Bertz CT molecular complexity index is 970. The largest absolute Gasteiger partial charge is 0.434 e. The first-order valence-corrected chi connectivity index (χ1v) is 7.47. The first-order valence-electron chi connectivity index (χ1n) is 7.47. The Kier molecular flexibility index (Phi) is 4.74. The fraction of sp³-hybridized carbons (Fsp3) is 0.111. The van der Waals surface area contributed by atoms with Crippen molar-refractivity contribution >= 4 is 16.7 Å². The highest BCUT2D eigenvalue weighted by Gasteiger charge is 2.12. The summed E-state index contributed by atoms with van der Waals surface area (Å²) in [5.74, 6) is -0.528. The van der Waals surface area contributed by atoms with Gasteiger partial charge in [-0.1, -0.05) is 36.4 Å². The number of aromatic nitrogens is 1. The number of nitrogens with one attached hydrogen (secondary N) is 2. The van der Waals surface area contributed by atoms with Crippen LogP contribution < -0.4 is 15.6 Å². The monoisotopic (exact) mass is 344 g/mol. The molecule has 1 heterocycles. The van der Waals surface area contributed by atoms with Crippen LogP contribution in [0.5, 0.6) is 5.75 Å². The van der Waals surface area contributed by atoms with Gasteiger partial charge in [-0.05, 0) is 23.6 Å². The van der Waals surface area contributed by atoms with Crippen molar-refractivity contribution in [3.05, 3.63) is 76.2 Å². The van der Waals surface area contributed by atoms with E-state index >= 15 is 0 Å². The van der Waals surface area contributed by atoms with Gasteiger partial charge in [0.15, 0.2) is 0 Å². The summed E-state index contributed by atoms with van der Waals surface area (Å²) in [4.78, 5) is 26.8. The zero-order valence-electron chi connectivity index (χ0n) is 13.0. The summed E-state index contributed by atoms with van der Waals surface area (Å²) in [5, 5.41) is 3.70. The maximum Gasteiger partial charge on any atom is 0.387 e. The lowest BCUT2D eigenvalue weighted by Crippen LogP contribution is -2.26. The van der Waals surface area contributed by atoms with E-state index in [1.54, 1.807) is 48.5 Å². The summed E-state index contributed by atoms with van der Waals surface area (Å²) in [7, 11) is 0. The average molecular weight is 344 g/mol. The van der Waals surface area contributed by atoms with E-state index in [1.807, 2.05) is 0 Å². The van der Waals surface area contributed by atoms with E-state index in [9.17, 15) is 18.4 Å². The molecule has 7 heteroatoms. The van der Waals surface area contributed by atoms with Gasteiger partial charge in [0.25, 0.3) is 11.5 Å². The second-order valence-corrected chi connectivity index (χ2v) is 5.27. The van der Waals surface area contributed by atoms with E-state index < -0.39 is 12.5 Å². The zero-order chi connectivity index (χ0) is 17.8. The minimum atomic E-state index is -2.95. The SMILES string of the molecule is O=C(NCc1ccccc1OC(F)F)c1cc2ccccc2c(=O)[nH]1. The number of halogens is 2. The molecule has 0 aliphatic rings. The van der Waals surface area contributed by atoms with E-state index in [0.717, 1.165) is 0 Å². The van der Waals surface area contributed by atoms with Crippen molar-refractivity contribution in [2.45, 2.75) is 13.2 Å². The van der Waals surface area contributed by atoms with Crippen LogP contribution in [0.25, 0.3) is 10.8 Å². The Labute approximate surface area is 141 Å². The summed E-state index contributed by atoms with van der Waals surface area (Å²) in [6, 6.07) is 14.6. The lowest BCUT2D eigenvalue weighted by Gasteiger charge is -2.11. The Morgan fingerprint density at radius 1 is 1.12 bits per heavy atom. The number of pyridine rings is 1. The Morgan fingerprint density at radius 3 is 2.64 bits per heavy atom. The van der Waals surface area contributed by atoms with Gasteiger partial charge in [0.2, 0.25) is 0 Å². The fourth-order valence-corrected chi connectivity index (χ4v) is 2.46. The molecule has 0 aliphatic carbocycles. The maximum atomic E-state index is 12.4. The zero-order valence-corrected chi connectivity index (χ0v) is 13.0. The first kappa shape index (κ1) is 16.6. The summed E-state index contributed by atoms with van der Waals surface area (Å²) in [5.41, 5.74) is 0.125. The van der Waals surface area contributed by atoms with Gasteiger partial charge in [-0.3, -0.25) is 9.59 Å². The third-order valence-corrected chi connectivity index (χ3v) is 3.63. The van der Waals surface area contributed by atoms with Crippen molar-refractivity contribution in [2.75, 3.05) is 0 Å². The molecule has 2 N–H and O–H groups in total. The first-order chi connectivity index (χ1) is 12.0. The average Bonchev–Trinajstić information content (AvgIpc) is 2.60. The number of ether oxygens (including phenoxy) is 1. The van der Waals surface area contributed by atoms with Crippen molar-refractivity contribution < 1.29 is 18.3 Å². The molecule has 1 aromatic heterocycles. The Morgan fingerprint density at radius 2 is 1.84 bits per heavy atom. The highest BCUT2D eigenvalue weighted by molar-refractivity contribution is 5.96. The van der Waals surface area contributed by atoms with E-state index in [2.05, 4.69) is 15.0 Å². The number of benzene rings is 2. The van der Waals surface area contributed by atoms with Gasteiger partial charge >= 0.3 is 6.61 Å². The molecule has 2 aromatic carbocycles. The third kappa shape index (κ3) is 3.82. The number of alkyl halides is 2. The van der Waals surface area contributed by atoms with E-state index in [-0.39, 0.29) is 23.5 Å². The van der Waals surface area contributed by atoms with E-state index in [1.165, 1.54) is 6.07 Å². The number of para-hydroxylation sites is 1. The van der Waals surface area contributed by atoms with Crippen molar-refractivity contribution in [1.29, 1.82) is 0 Å². The number of carbonyl (C=O) groups excluding carboxylic acids is 1. The van der Waals surface area contributed by atoms with Gasteiger partial charge in [0, 0.05) is 17.5 Å². The van der Waals surface area contributed by atoms with Crippen LogP contribution in [0, 0.1) is 0 Å². The normalized spacial score (nSPS) is 10.8. The van der Waals surface area contributed by atoms with Crippen LogP contribution in [-0.4, -0.2) is 17.5 Å². The second kappa shape index (κ2) is 7.12. The van der Waals surface area contributed by atoms with Crippen LogP contribution in [0.3, 0.4) is 0 Å². The molecule has 5 nitrogen and oxygen atoms in total. The number of carbonyl (C=O) groups is 1. The van der Waals surface area contributed by atoms with Crippen molar-refractivity contribution in [3.8, 4) is 5.75 Å². The fourth-order valence-electron chi connectivity index (χ4n) is 2.46. The van der Waals surface area contributed by atoms with Crippen LogP contribution in [0.2, 0.25) is 0 Å². The molecule has 1 amide bonds. The Balaban J connectivity index is 1.79. The van der Waals surface area contributed by atoms with E-state index in [0.29, 0.717) is 16.3 Å². The molecule has 0 radical (unpaired) electrons. The predicted octanol–water partition coefficient (Wildman–Crippen LogP) is 3.06. The van der Waals surface area contributed by atoms with Crippen molar-refractivity contribution in [1.82, 2.24) is 10.3 Å². The standard InChI is InChI=1S/C18H14F2N2O3/c19-18(20)25-15-8-4-2-6-12(15)10-21-17(24)14-9-11-5-1-3-7-13(11)16(23)22-14/h1-9,18H,10H2,(H,21,24)(H,22,23). The smallest absolute Gasteiger partial charge is 0.387 e. The van der Waals surface area contributed by atoms with Crippen LogP contribution in [-0.2, 0) is 6.54 Å². The molecular formula is C18H14F2N2O3. The van der Waals surface area contributed by atoms with Crippen LogP contribution in [0.15, 0.2) is 59.4 Å². The molecule has 0 saturated carbocycles. The summed E-state index contributed by atoms with van der Waals surface area (Å²) in [6.07, 6.45) is 0. The molecule has 0 unspecified atom stereocenters. The van der Waals surface area contributed by atoms with Crippen molar-refractivity contribution in [2.24, 2.45) is 0 Å². The molecule has 0 spiro atoms. The number of rotatable bonds is 5. The molecule has 25 heavy (non-hydrogen) atoms. The highest BCUT2D eigenvalue weighted by Crippen LogP contribution is 2.20. The number of hydrogen-bond acceptors (Lipinski definition) is 3. The molecule has 0 atom stereocenters. The van der Waals surface area contributed by atoms with Crippen LogP contribution in [0.4, 0.5) is 8.78 Å². The number of hydrogen-bond donors (Lipinski definition) is 2. The van der Waals surface area contributed by atoms with Crippen molar-refractivity contribution in [3.63, 3.8) is 0 Å². The van der Waals surface area contributed by atoms with Gasteiger partial charge in [0.05, 0.1) is 0 Å². The lowest BCUT2D eigenvalue weighted by atomic mass is 10.1. The van der Waals surface area contributed by atoms with E-state index in [4.69, 9.17) is 0 Å². The maximum absolute atomic E-state index is 12.4. The summed E-state index contributed by atoms with van der Waals surface area (Å²) >= 11 is 0. The van der Waals surface area contributed by atoms with Gasteiger partial charge in [0.1, 0.15) is 11.4 Å². The predicted molar refractivity (Wildman–Crippen MR) is 88.8 cm³/mol. The molecular weight excluding hydrogens is 330 g/mol. The number of H-pyrrole nitrogens is 1. The minimum Gasteiger partial charge on any atom is -0.434 e. The minimum absolute atomic E-state index is 0.00944. The number of amides is 1.